The number of carboxylic acids is 1. The van der Waals surface area contributed by atoms with Gasteiger partial charge in [-0.25, -0.2) is 18.2 Å². The molecule has 1 N–H and O–H groups in total. The number of hydrogen-bond acceptors (Lipinski definition) is 4. The Labute approximate surface area is 106 Å². The summed E-state index contributed by atoms with van der Waals surface area (Å²) in [4.78, 5) is 14.3. The molecule has 0 aromatic carbocycles. The second kappa shape index (κ2) is 5.45. The van der Waals surface area contributed by atoms with Crippen LogP contribution in [0, 0.1) is 5.92 Å². The summed E-state index contributed by atoms with van der Waals surface area (Å²) in [7, 11) is -2.17. The van der Waals surface area contributed by atoms with E-state index in [1.165, 1.54) is 23.5 Å². The quantitative estimate of drug-likeness (QED) is 0.865. The Kier molecular flexibility index (Phi) is 4.42. The van der Waals surface area contributed by atoms with Crippen molar-refractivity contribution in [1.29, 1.82) is 0 Å². The lowest BCUT2D eigenvalue weighted by atomic mass is 10.2. The van der Waals surface area contributed by atoms with E-state index in [9.17, 15) is 13.2 Å². The maximum Gasteiger partial charge on any atom is 0.337 e. The topological polar surface area (TPSA) is 87.6 Å². The van der Waals surface area contributed by atoms with Crippen molar-refractivity contribution in [2.75, 3.05) is 13.6 Å². The number of pyridine rings is 1. The Morgan fingerprint density at radius 2 is 2.06 bits per heavy atom. The number of rotatable bonds is 5. The van der Waals surface area contributed by atoms with E-state index in [0.717, 1.165) is 6.20 Å². The predicted molar refractivity (Wildman–Crippen MR) is 65.9 cm³/mol. The third-order valence-electron chi connectivity index (χ3n) is 2.28. The van der Waals surface area contributed by atoms with Crippen LogP contribution in [0.2, 0.25) is 0 Å². The van der Waals surface area contributed by atoms with E-state index in [1.807, 2.05) is 13.8 Å². The zero-order chi connectivity index (χ0) is 13.9. The number of hydrogen-bond donors (Lipinski definition) is 1. The van der Waals surface area contributed by atoms with Crippen molar-refractivity contribution in [1.82, 2.24) is 9.29 Å². The fourth-order valence-corrected chi connectivity index (χ4v) is 2.67. The number of carbonyl (C=O) groups is 1. The lowest BCUT2D eigenvalue weighted by Crippen LogP contribution is -2.31. The van der Waals surface area contributed by atoms with Crippen LogP contribution in [0.5, 0.6) is 0 Å². The van der Waals surface area contributed by atoms with E-state index in [-0.39, 0.29) is 16.5 Å². The molecule has 0 unspecified atom stereocenters. The predicted octanol–water partition coefficient (Wildman–Crippen LogP) is 1.06. The summed E-state index contributed by atoms with van der Waals surface area (Å²) >= 11 is 0. The minimum atomic E-state index is -3.65. The van der Waals surface area contributed by atoms with Crippen LogP contribution in [0.25, 0.3) is 0 Å². The fraction of sp³-hybridized carbons (Fsp3) is 0.455. The standard InChI is InChI=1S/C11H16N2O4S/c1-8(2)7-13(3)18(16,17)10-5-4-9(6-12-10)11(14)15/h4-6,8H,7H2,1-3H3,(H,14,15). The van der Waals surface area contributed by atoms with Crippen LogP contribution in [0.1, 0.15) is 24.2 Å². The Hall–Kier alpha value is -1.47. The molecule has 0 spiro atoms. The molecule has 18 heavy (non-hydrogen) atoms. The highest BCUT2D eigenvalue weighted by atomic mass is 32.2. The summed E-state index contributed by atoms with van der Waals surface area (Å²) in [5, 5.41) is 8.56. The molecule has 1 aromatic rings. The van der Waals surface area contributed by atoms with Crippen LogP contribution >= 0.6 is 0 Å². The minimum absolute atomic E-state index is 0.0412. The number of aromatic nitrogens is 1. The third kappa shape index (κ3) is 3.27. The highest BCUT2D eigenvalue weighted by Crippen LogP contribution is 2.13. The van der Waals surface area contributed by atoms with Gasteiger partial charge in [-0.05, 0) is 18.1 Å². The van der Waals surface area contributed by atoms with E-state index in [1.54, 1.807) is 0 Å². The van der Waals surface area contributed by atoms with Gasteiger partial charge in [0, 0.05) is 19.8 Å². The van der Waals surface area contributed by atoms with Crippen LogP contribution < -0.4 is 0 Å². The Morgan fingerprint density at radius 3 is 2.44 bits per heavy atom. The summed E-state index contributed by atoms with van der Waals surface area (Å²) in [5.74, 6) is -0.940. The number of aromatic carboxylic acids is 1. The molecule has 0 aliphatic carbocycles. The van der Waals surface area contributed by atoms with Crippen molar-refractivity contribution >= 4 is 16.0 Å². The van der Waals surface area contributed by atoms with E-state index in [2.05, 4.69) is 4.98 Å². The van der Waals surface area contributed by atoms with Gasteiger partial charge in [0.2, 0.25) is 0 Å². The first-order chi connectivity index (χ1) is 8.25. The van der Waals surface area contributed by atoms with Gasteiger partial charge >= 0.3 is 5.97 Å². The van der Waals surface area contributed by atoms with Gasteiger partial charge in [0.25, 0.3) is 10.0 Å². The van der Waals surface area contributed by atoms with Gasteiger partial charge in [0.15, 0.2) is 5.03 Å². The summed E-state index contributed by atoms with van der Waals surface area (Å²) in [6, 6.07) is 2.43. The van der Waals surface area contributed by atoms with Gasteiger partial charge in [-0.3, -0.25) is 0 Å². The molecule has 0 aliphatic heterocycles. The summed E-state index contributed by atoms with van der Waals surface area (Å²) in [6.45, 7) is 4.20. The fourth-order valence-electron chi connectivity index (χ4n) is 1.43. The van der Waals surface area contributed by atoms with Crippen molar-refractivity contribution in [3.63, 3.8) is 0 Å². The minimum Gasteiger partial charge on any atom is -0.478 e. The van der Waals surface area contributed by atoms with Crippen LogP contribution in [-0.2, 0) is 10.0 Å². The van der Waals surface area contributed by atoms with Crippen LogP contribution in [0.3, 0.4) is 0 Å². The molecule has 0 radical (unpaired) electrons. The maximum absolute atomic E-state index is 12.1. The zero-order valence-electron chi connectivity index (χ0n) is 10.5. The molecule has 6 nitrogen and oxygen atoms in total. The molecule has 1 aromatic heterocycles. The van der Waals surface area contributed by atoms with Gasteiger partial charge in [-0.1, -0.05) is 13.8 Å². The first-order valence-corrected chi connectivity index (χ1v) is 6.85. The number of carboxylic acid groups (broad SMARTS) is 1. The molecule has 7 heteroatoms. The molecule has 0 atom stereocenters. The SMILES string of the molecule is CC(C)CN(C)S(=O)(=O)c1ccc(C(=O)O)cn1. The van der Waals surface area contributed by atoms with E-state index >= 15 is 0 Å². The molecule has 1 heterocycles. The largest absolute Gasteiger partial charge is 0.478 e. The molecular formula is C11H16N2O4S. The van der Waals surface area contributed by atoms with Crippen LogP contribution in [-0.4, -0.2) is 42.4 Å². The molecule has 1 rings (SSSR count). The number of sulfonamides is 1. The van der Waals surface area contributed by atoms with E-state index in [4.69, 9.17) is 5.11 Å². The van der Waals surface area contributed by atoms with Gasteiger partial charge in [0.1, 0.15) is 0 Å². The second-order valence-corrected chi connectivity index (χ2v) is 6.36. The van der Waals surface area contributed by atoms with Gasteiger partial charge in [-0.15, -0.1) is 0 Å². The molecule has 0 saturated heterocycles. The first kappa shape index (κ1) is 14.6. The van der Waals surface area contributed by atoms with Crippen LogP contribution in [0.4, 0.5) is 0 Å². The van der Waals surface area contributed by atoms with E-state index in [0.29, 0.717) is 6.54 Å². The highest BCUT2D eigenvalue weighted by Gasteiger charge is 2.23. The smallest absolute Gasteiger partial charge is 0.337 e. The average molecular weight is 272 g/mol. The summed E-state index contributed by atoms with van der Waals surface area (Å²) in [6.07, 6.45) is 1.04. The third-order valence-corrected chi connectivity index (χ3v) is 4.02. The van der Waals surface area contributed by atoms with Crippen molar-refractivity contribution < 1.29 is 18.3 Å². The molecule has 100 valence electrons. The van der Waals surface area contributed by atoms with E-state index < -0.39 is 16.0 Å². The van der Waals surface area contributed by atoms with Crippen molar-refractivity contribution in [2.45, 2.75) is 18.9 Å². The first-order valence-electron chi connectivity index (χ1n) is 5.41. The Morgan fingerprint density at radius 1 is 1.44 bits per heavy atom. The van der Waals surface area contributed by atoms with Gasteiger partial charge in [0.05, 0.1) is 5.56 Å². The summed E-state index contributed by atoms with van der Waals surface area (Å²) < 4.78 is 25.3. The van der Waals surface area contributed by atoms with Crippen molar-refractivity contribution in [2.24, 2.45) is 5.92 Å². The van der Waals surface area contributed by atoms with Gasteiger partial charge in [-0.2, -0.15) is 4.31 Å². The Bertz CT molecular complexity index is 522. The summed E-state index contributed by atoms with van der Waals surface area (Å²) in [5.41, 5.74) is -0.0412. The average Bonchev–Trinajstić information content (AvgIpc) is 2.28. The lowest BCUT2D eigenvalue weighted by molar-refractivity contribution is 0.0696. The zero-order valence-corrected chi connectivity index (χ0v) is 11.3. The number of nitrogens with zero attached hydrogens (tertiary/aromatic N) is 2. The molecule has 0 fully saturated rings. The van der Waals surface area contributed by atoms with Crippen LogP contribution in [0.15, 0.2) is 23.4 Å². The molecule has 0 bridgehead atoms. The monoisotopic (exact) mass is 272 g/mol. The molecular weight excluding hydrogens is 256 g/mol. The molecule has 0 amide bonds. The molecule has 0 aliphatic rings. The molecule has 0 saturated carbocycles. The maximum atomic E-state index is 12.1. The normalized spacial score (nSPS) is 12.1. The lowest BCUT2D eigenvalue weighted by Gasteiger charge is -2.18. The van der Waals surface area contributed by atoms with Crippen molar-refractivity contribution in [3.8, 4) is 0 Å². The van der Waals surface area contributed by atoms with Crippen molar-refractivity contribution in [3.05, 3.63) is 23.9 Å². The van der Waals surface area contributed by atoms with Gasteiger partial charge < -0.3 is 5.11 Å². The highest BCUT2D eigenvalue weighted by molar-refractivity contribution is 7.89. The second-order valence-electron chi connectivity index (χ2n) is 4.37. The Balaban J connectivity index is 3.02.